The maximum absolute atomic E-state index is 14.2. The minimum atomic E-state index is -4.83. The van der Waals surface area contributed by atoms with Crippen LogP contribution in [0.2, 0.25) is 5.02 Å². The van der Waals surface area contributed by atoms with Crippen molar-refractivity contribution in [2.75, 3.05) is 5.32 Å². The molecule has 3 aromatic carbocycles. The lowest BCUT2D eigenvalue weighted by atomic mass is 10.0. The number of alkyl halides is 3. The van der Waals surface area contributed by atoms with Gasteiger partial charge in [0.05, 0.1) is 37.9 Å². The number of nitrogens with zero attached hydrogens (tertiary/aromatic N) is 3. The van der Waals surface area contributed by atoms with E-state index in [-0.39, 0.29) is 22.7 Å². The third kappa shape index (κ3) is 3.39. The summed E-state index contributed by atoms with van der Waals surface area (Å²) < 4.78 is 42.6. The van der Waals surface area contributed by atoms with E-state index in [2.05, 4.69) is 35.7 Å². The predicted octanol–water partition coefficient (Wildman–Crippen LogP) is 5.76. The summed E-state index contributed by atoms with van der Waals surface area (Å²) in [5.41, 5.74) is -1.22. The zero-order chi connectivity index (χ0) is 24.3. The maximum Gasteiger partial charge on any atom is 0.417 e. The highest BCUT2D eigenvalue weighted by atomic mass is 35.5. The molecule has 0 unspecified atom stereocenters. The van der Waals surface area contributed by atoms with Crippen LogP contribution in [0.25, 0.3) is 44.1 Å². The predicted molar refractivity (Wildman–Crippen MR) is 127 cm³/mol. The third-order valence-corrected chi connectivity index (χ3v) is 5.96. The van der Waals surface area contributed by atoms with Gasteiger partial charge in [-0.2, -0.15) is 18.3 Å². The van der Waals surface area contributed by atoms with Gasteiger partial charge in [-0.05, 0) is 36.4 Å². The van der Waals surface area contributed by atoms with Crippen LogP contribution in [0, 0.1) is 0 Å². The Hall–Kier alpha value is -4.38. The van der Waals surface area contributed by atoms with Crippen molar-refractivity contribution in [2.45, 2.75) is 6.18 Å². The Morgan fingerprint density at radius 2 is 1.69 bits per heavy atom. The molecule has 0 atom stereocenters. The lowest BCUT2D eigenvalue weighted by Crippen LogP contribution is -2.13. The Kier molecular flexibility index (Phi) is 4.58. The minimum absolute atomic E-state index is 0.0304. The van der Waals surface area contributed by atoms with Gasteiger partial charge in [0.15, 0.2) is 11.6 Å². The van der Waals surface area contributed by atoms with Crippen molar-refractivity contribution in [2.24, 2.45) is 0 Å². The first-order valence-corrected chi connectivity index (χ1v) is 10.7. The number of anilines is 2. The number of nitrogens with one attached hydrogen (secondary N) is 4. The number of aromatic nitrogens is 6. The molecule has 0 bridgehead atoms. The zero-order valence-electron chi connectivity index (χ0n) is 17.5. The van der Waals surface area contributed by atoms with Gasteiger partial charge in [-0.3, -0.25) is 20.1 Å². The molecule has 0 saturated heterocycles. The molecule has 174 valence electrons. The molecule has 6 aromatic rings. The molecule has 6 rings (SSSR count). The molecule has 35 heavy (non-hydrogen) atoms. The van der Waals surface area contributed by atoms with Gasteiger partial charge in [-0.25, -0.2) is 9.97 Å². The Labute approximate surface area is 198 Å². The van der Waals surface area contributed by atoms with E-state index in [9.17, 15) is 18.0 Å². The molecule has 0 aliphatic carbocycles. The maximum atomic E-state index is 14.2. The second-order valence-electron chi connectivity index (χ2n) is 7.76. The summed E-state index contributed by atoms with van der Waals surface area (Å²) in [5.74, 6) is 0.385. The average Bonchev–Trinajstić information content (AvgIpc) is 3.42. The van der Waals surface area contributed by atoms with Crippen LogP contribution < -0.4 is 10.9 Å². The van der Waals surface area contributed by atoms with Gasteiger partial charge < -0.3 is 5.32 Å². The topological polar surface area (TPSA) is 115 Å². The van der Waals surface area contributed by atoms with Gasteiger partial charge in [0, 0.05) is 10.9 Å². The molecule has 3 aromatic heterocycles. The number of rotatable bonds is 3. The second kappa shape index (κ2) is 7.57. The molecule has 0 aliphatic rings. The van der Waals surface area contributed by atoms with E-state index in [4.69, 9.17) is 11.6 Å². The number of benzene rings is 3. The number of halogens is 4. The fourth-order valence-electron chi connectivity index (χ4n) is 4.14. The quantitative estimate of drug-likeness (QED) is 0.249. The Bertz CT molecular complexity index is 1820. The van der Waals surface area contributed by atoms with Crippen LogP contribution in [0.5, 0.6) is 0 Å². The van der Waals surface area contributed by atoms with Crippen molar-refractivity contribution in [3.05, 3.63) is 75.5 Å². The van der Waals surface area contributed by atoms with E-state index in [1.165, 1.54) is 12.1 Å². The number of para-hydroxylation sites is 1. The number of H-pyrrole nitrogens is 3. The molecule has 12 heteroatoms. The fraction of sp³-hybridized carbons (Fsp3) is 0.0435. The summed E-state index contributed by atoms with van der Waals surface area (Å²) in [7, 11) is 0. The van der Waals surface area contributed by atoms with Crippen LogP contribution in [0.4, 0.5) is 24.8 Å². The van der Waals surface area contributed by atoms with Crippen LogP contribution in [0.3, 0.4) is 0 Å². The van der Waals surface area contributed by atoms with E-state index < -0.39 is 22.7 Å². The summed E-state index contributed by atoms with van der Waals surface area (Å²) in [6.07, 6.45) is -4.83. The van der Waals surface area contributed by atoms with E-state index in [1.54, 1.807) is 42.5 Å². The highest BCUT2D eigenvalue weighted by molar-refractivity contribution is 6.36. The molecule has 8 nitrogen and oxygen atoms in total. The largest absolute Gasteiger partial charge is 0.417 e. The Balaban J connectivity index is 1.61. The summed E-state index contributed by atoms with van der Waals surface area (Å²) >= 11 is 6.35. The zero-order valence-corrected chi connectivity index (χ0v) is 18.2. The molecule has 0 saturated carbocycles. The van der Waals surface area contributed by atoms with Gasteiger partial charge in [0.1, 0.15) is 5.82 Å². The first-order chi connectivity index (χ1) is 16.8. The second-order valence-corrected chi connectivity index (χ2v) is 8.17. The highest BCUT2D eigenvalue weighted by Gasteiger charge is 2.38. The lowest BCUT2D eigenvalue weighted by Gasteiger charge is -2.15. The van der Waals surface area contributed by atoms with E-state index >= 15 is 0 Å². The van der Waals surface area contributed by atoms with Crippen LogP contribution in [-0.2, 0) is 6.18 Å². The summed E-state index contributed by atoms with van der Waals surface area (Å²) in [4.78, 5) is 21.0. The van der Waals surface area contributed by atoms with E-state index in [0.29, 0.717) is 32.6 Å². The van der Waals surface area contributed by atoms with E-state index in [1.807, 2.05) is 0 Å². The molecule has 0 fully saturated rings. The van der Waals surface area contributed by atoms with Crippen molar-refractivity contribution in [1.29, 1.82) is 0 Å². The van der Waals surface area contributed by atoms with Crippen molar-refractivity contribution in [1.82, 2.24) is 30.4 Å². The average molecular weight is 496 g/mol. The van der Waals surface area contributed by atoms with Crippen molar-refractivity contribution >= 4 is 55.9 Å². The standard InChI is InChI=1S/C23H13ClF3N7O/c24-12-5-3-7-14-16(12)21(33-31-14)30-19-10-4-1-2-6-13(10)28-20(29-19)11-8-9-15-17(22(35)34-32-15)18(11)23(25,26)27/h1-9H,(H2,32,34,35)(H2,28,29,30,31,33). The van der Waals surface area contributed by atoms with Crippen molar-refractivity contribution in [3.8, 4) is 11.4 Å². The number of aromatic amines is 3. The highest BCUT2D eigenvalue weighted by Crippen LogP contribution is 2.40. The first-order valence-electron chi connectivity index (χ1n) is 10.3. The lowest BCUT2D eigenvalue weighted by molar-refractivity contribution is -0.135. The van der Waals surface area contributed by atoms with Gasteiger partial charge in [0.2, 0.25) is 0 Å². The van der Waals surface area contributed by atoms with Crippen molar-refractivity contribution < 1.29 is 13.2 Å². The minimum Gasteiger partial charge on any atom is -0.322 e. The van der Waals surface area contributed by atoms with E-state index in [0.717, 1.165) is 0 Å². The third-order valence-electron chi connectivity index (χ3n) is 5.65. The number of hydrogen-bond donors (Lipinski definition) is 4. The van der Waals surface area contributed by atoms with Crippen LogP contribution in [0.1, 0.15) is 5.56 Å². The first kappa shape index (κ1) is 21.2. The van der Waals surface area contributed by atoms with Crippen LogP contribution in [-0.4, -0.2) is 30.4 Å². The van der Waals surface area contributed by atoms with Crippen LogP contribution in [0.15, 0.2) is 59.4 Å². The molecule has 0 spiro atoms. The van der Waals surface area contributed by atoms with Gasteiger partial charge >= 0.3 is 6.18 Å². The Morgan fingerprint density at radius 3 is 2.51 bits per heavy atom. The smallest absolute Gasteiger partial charge is 0.322 e. The molecule has 0 radical (unpaired) electrons. The number of hydrogen-bond acceptors (Lipinski definition) is 5. The molecular formula is C23H13ClF3N7O. The summed E-state index contributed by atoms with van der Waals surface area (Å²) in [6, 6.07) is 14.8. The summed E-state index contributed by atoms with van der Waals surface area (Å²) in [6.45, 7) is 0. The normalized spacial score (nSPS) is 12.1. The molecular weight excluding hydrogens is 483 g/mol. The van der Waals surface area contributed by atoms with Crippen LogP contribution >= 0.6 is 11.6 Å². The SMILES string of the molecule is O=c1[nH][nH]c2ccc(-c3nc(Nc4n[nH]c5cccc(Cl)c45)c4ccccc4n3)c(C(F)(F)F)c12. The van der Waals surface area contributed by atoms with Gasteiger partial charge in [0.25, 0.3) is 5.56 Å². The molecule has 0 amide bonds. The molecule has 3 heterocycles. The van der Waals surface area contributed by atoms with Gasteiger partial charge in [-0.15, -0.1) is 0 Å². The monoisotopic (exact) mass is 495 g/mol. The Morgan fingerprint density at radius 1 is 0.857 bits per heavy atom. The van der Waals surface area contributed by atoms with Crippen molar-refractivity contribution in [3.63, 3.8) is 0 Å². The molecule has 0 aliphatic heterocycles. The molecule has 4 N–H and O–H groups in total. The summed E-state index contributed by atoms with van der Waals surface area (Å²) in [5, 5.41) is 16.0. The fourth-order valence-corrected chi connectivity index (χ4v) is 4.40. The van der Waals surface area contributed by atoms with Gasteiger partial charge in [-0.1, -0.05) is 29.8 Å². The number of fused-ring (bicyclic) bond motifs is 3.